The fourth-order valence-corrected chi connectivity index (χ4v) is 4.32. The van der Waals surface area contributed by atoms with E-state index in [4.69, 9.17) is 22.3 Å². The van der Waals surface area contributed by atoms with Crippen LogP contribution in [0.15, 0.2) is 30.3 Å². The van der Waals surface area contributed by atoms with Crippen LogP contribution in [0.2, 0.25) is 5.28 Å². The third-order valence-corrected chi connectivity index (χ3v) is 6.19. The number of fused-ring (bicyclic) bond motifs is 1. The van der Waals surface area contributed by atoms with Crippen molar-refractivity contribution in [3.05, 3.63) is 41.2 Å². The molecule has 10 nitrogen and oxygen atoms in total. The zero-order valence-corrected chi connectivity index (χ0v) is 20.3. The summed E-state index contributed by atoms with van der Waals surface area (Å²) in [5, 5.41) is 13.9. The second-order valence-corrected chi connectivity index (χ2v) is 9.12. The maximum absolute atomic E-state index is 12.1. The number of aryl methyl sites for hydroxylation is 1. The summed E-state index contributed by atoms with van der Waals surface area (Å²) in [4.78, 5) is 25.5. The molecule has 0 aliphatic carbocycles. The average molecular weight is 486 g/mol. The summed E-state index contributed by atoms with van der Waals surface area (Å²) in [7, 11) is 1.90. The topological polar surface area (TPSA) is 135 Å². The maximum Gasteiger partial charge on any atom is 0.234 e. The molecule has 1 aliphatic rings. The lowest BCUT2D eigenvalue weighted by atomic mass is 10.0. The molecule has 0 saturated heterocycles. The Morgan fingerprint density at radius 2 is 1.97 bits per heavy atom. The second-order valence-electron chi connectivity index (χ2n) is 8.78. The Hall–Kier alpha value is -2.95. The molecule has 182 valence electrons. The van der Waals surface area contributed by atoms with E-state index in [9.17, 15) is 4.79 Å². The predicted octanol–water partition coefficient (Wildman–Crippen LogP) is 1.67. The highest BCUT2D eigenvalue weighted by Crippen LogP contribution is 2.24. The van der Waals surface area contributed by atoms with Gasteiger partial charge in [-0.3, -0.25) is 9.36 Å². The quantitative estimate of drug-likeness (QED) is 0.353. The van der Waals surface area contributed by atoms with Crippen LogP contribution < -0.4 is 27.0 Å². The number of amides is 1. The molecule has 3 atom stereocenters. The fourth-order valence-electron chi connectivity index (χ4n) is 4.16. The zero-order chi connectivity index (χ0) is 24.1. The minimum absolute atomic E-state index is 0.0773. The van der Waals surface area contributed by atoms with Crippen molar-refractivity contribution in [1.29, 1.82) is 0 Å². The molecule has 3 aromatic rings. The SMILES string of the molecule is CC1CNC(Cc2ccccc2)CNC(C(N)=O)CCCNc2nc(Cl)nc3c2nc(n3C)N1. The molecule has 2 aromatic heterocycles. The number of nitrogens with one attached hydrogen (secondary N) is 4. The molecule has 0 saturated carbocycles. The molecule has 1 aliphatic heterocycles. The molecule has 4 rings (SSSR count). The summed E-state index contributed by atoms with van der Waals surface area (Å²) in [6.45, 7) is 4.00. The number of rotatable bonds is 3. The Morgan fingerprint density at radius 1 is 1.18 bits per heavy atom. The van der Waals surface area contributed by atoms with E-state index < -0.39 is 6.04 Å². The molecule has 11 heteroatoms. The standard InChI is InChI=1S/C23H32ClN9O/c1-14-12-27-16(11-15-7-4-3-5-8-15)13-28-17(19(25)34)9-6-10-26-20-18-21(32-22(24)31-20)33(2)23(29-14)30-18/h3-5,7-8,14,16-17,27-28H,6,9-13H2,1-2H3,(H2,25,34)(H,29,30)(H,26,31,32). The highest BCUT2D eigenvalue weighted by molar-refractivity contribution is 6.28. The van der Waals surface area contributed by atoms with Crippen LogP contribution in [0.3, 0.4) is 0 Å². The predicted molar refractivity (Wildman–Crippen MR) is 135 cm³/mol. The number of primary amides is 1. The Labute approximate surface area is 204 Å². The molecule has 2 bridgehead atoms. The van der Waals surface area contributed by atoms with E-state index in [0.717, 1.165) is 12.8 Å². The van der Waals surface area contributed by atoms with E-state index in [1.165, 1.54) is 5.56 Å². The van der Waals surface area contributed by atoms with E-state index in [1.807, 2.05) is 29.8 Å². The minimum atomic E-state index is -0.416. The van der Waals surface area contributed by atoms with Crippen LogP contribution in [0.1, 0.15) is 25.3 Å². The van der Waals surface area contributed by atoms with Crippen LogP contribution in [0.25, 0.3) is 11.2 Å². The first-order valence-corrected chi connectivity index (χ1v) is 12.0. The van der Waals surface area contributed by atoms with Crippen LogP contribution in [0, 0.1) is 0 Å². The number of hydrogen-bond donors (Lipinski definition) is 5. The lowest BCUT2D eigenvalue weighted by Crippen LogP contribution is -2.50. The van der Waals surface area contributed by atoms with E-state index >= 15 is 0 Å². The van der Waals surface area contributed by atoms with E-state index in [0.29, 0.717) is 49.0 Å². The molecule has 6 N–H and O–H groups in total. The highest BCUT2D eigenvalue weighted by atomic mass is 35.5. The molecule has 34 heavy (non-hydrogen) atoms. The van der Waals surface area contributed by atoms with Crippen LogP contribution in [0.4, 0.5) is 11.8 Å². The van der Waals surface area contributed by atoms with Gasteiger partial charge in [-0.1, -0.05) is 30.3 Å². The van der Waals surface area contributed by atoms with Gasteiger partial charge in [0.15, 0.2) is 17.0 Å². The summed E-state index contributed by atoms with van der Waals surface area (Å²) < 4.78 is 1.88. The average Bonchev–Trinajstić information content (AvgIpc) is 3.11. The van der Waals surface area contributed by atoms with E-state index in [2.05, 4.69) is 50.3 Å². The van der Waals surface area contributed by atoms with Crippen LogP contribution in [0.5, 0.6) is 0 Å². The van der Waals surface area contributed by atoms with Gasteiger partial charge >= 0.3 is 0 Å². The summed E-state index contributed by atoms with van der Waals surface area (Å²) >= 11 is 6.17. The van der Waals surface area contributed by atoms with Gasteiger partial charge in [0.2, 0.25) is 17.1 Å². The van der Waals surface area contributed by atoms with Crippen molar-refractivity contribution in [2.24, 2.45) is 12.8 Å². The number of carbonyl (C=O) groups is 1. The molecule has 0 fully saturated rings. The van der Waals surface area contributed by atoms with E-state index in [-0.39, 0.29) is 23.3 Å². The van der Waals surface area contributed by atoms with Gasteiger partial charge in [-0.2, -0.15) is 9.97 Å². The number of benzene rings is 1. The largest absolute Gasteiger partial charge is 0.368 e. The fraction of sp³-hybridized carbons (Fsp3) is 0.478. The Morgan fingerprint density at radius 3 is 2.74 bits per heavy atom. The monoisotopic (exact) mass is 485 g/mol. The molecular formula is C23H32ClN9O. The summed E-state index contributed by atoms with van der Waals surface area (Å²) in [6.07, 6.45) is 2.15. The Kier molecular flexibility index (Phi) is 7.81. The number of aromatic nitrogens is 4. The number of nitrogens with two attached hydrogens (primary N) is 1. The molecular weight excluding hydrogens is 454 g/mol. The lowest BCUT2D eigenvalue weighted by Gasteiger charge is -2.25. The number of halogens is 1. The molecule has 0 spiro atoms. The number of carbonyl (C=O) groups excluding carboxylic acids is 1. The zero-order valence-electron chi connectivity index (χ0n) is 19.5. The molecule has 1 aromatic carbocycles. The second kappa shape index (κ2) is 11.0. The number of imidazole rings is 1. The number of anilines is 2. The first-order valence-electron chi connectivity index (χ1n) is 11.6. The maximum atomic E-state index is 12.1. The van der Waals surface area contributed by atoms with Gasteiger partial charge in [0.1, 0.15) is 0 Å². The van der Waals surface area contributed by atoms with Gasteiger partial charge in [0.25, 0.3) is 0 Å². The van der Waals surface area contributed by atoms with Crippen molar-refractivity contribution >= 4 is 40.4 Å². The van der Waals surface area contributed by atoms with Crippen molar-refractivity contribution in [1.82, 2.24) is 30.2 Å². The van der Waals surface area contributed by atoms with Crippen molar-refractivity contribution < 1.29 is 4.79 Å². The van der Waals surface area contributed by atoms with Gasteiger partial charge in [-0.25, -0.2) is 4.98 Å². The Bertz CT molecular complexity index is 1120. The summed E-state index contributed by atoms with van der Waals surface area (Å²) in [6, 6.07) is 10.1. The number of nitrogens with zero attached hydrogens (tertiary/aromatic N) is 4. The van der Waals surface area contributed by atoms with E-state index in [1.54, 1.807) is 0 Å². The lowest BCUT2D eigenvalue weighted by molar-refractivity contribution is -0.120. The first-order chi connectivity index (χ1) is 16.4. The van der Waals surface area contributed by atoms with Crippen molar-refractivity contribution in [3.63, 3.8) is 0 Å². The molecule has 1 amide bonds. The van der Waals surface area contributed by atoms with Crippen molar-refractivity contribution in [2.75, 3.05) is 30.3 Å². The molecule has 3 heterocycles. The van der Waals surface area contributed by atoms with Gasteiger partial charge in [0, 0.05) is 38.8 Å². The van der Waals surface area contributed by atoms with Crippen molar-refractivity contribution in [2.45, 2.75) is 44.3 Å². The van der Waals surface area contributed by atoms with Crippen LogP contribution in [-0.4, -0.2) is 63.2 Å². The highest BCUT2D eigenvalue weighted by Gasteiger charge is 2.21. The van der Waals surface area contributed by atoms with Crippen LogP contribution >= 0.6 is 11.6 Å². The van der Waals surface area contributed by atoms with Gasteiger partial charge in [0.05, 0.1) is 6.04 Å². The minimum Gasteiger partial charge on any atom is -0.368 e. The third-order valence-electron chi connectivity index (χ3n) is 6.02. The normalized spacial score (nSPS) is 22.3. The van der Waals surface area contributed by atoms with Gasteiger partial charge < -0.3 is 27.0 Å². The van der Waals surface area contributed by atoms with Gasteiger partial charge in [-0.05, 0) is 43.4 Å². The Balaban J connectivity index is 1.59. The molecule has 0 radical (unpaired) electrons. The summed E-state index contributed by atoms with van der Waals surface area (Å²) in [5.41, 5.74) is 8.22. The van der Waals surface area contributed by atoms with Gasteiger partial charge in [-0.15, -0.1) is 0 Å². The van der Waals surface area contributed by atoms with Crippen LogP contribution in [-0.2, 0) is 18.3 Å². The first kappa shape index (κ1) is 24.2. The molecule has 3 unspecified atom stereocenters. The van der Waals surface area contributed by atoms with Crippen molar-refractivity contribution in [3.8, 4) is 0 Å². The summed E-state index contributed by atoms with van der Waals surface area (Å²) in [5.74, 6) is 0.919. The smallest absolute Gasteiger partial charge is 0.234 e. The number of hydrogen-bond acceptors (Lipinski definition) is 8. The third kappa shape index (κ3) is 5.94.